The second kappa shape index (κ2) is 11.0. The third kappa shape index (κ3) is 4.32. The van der Waals surface area contributed by atoms with Gasteiger partial charge in [-0.3, -0.25) is 0 Å². The van der Waals surface area contributed by atoms with E-state index >= 15 is 0 Å². The summed E-state index contributed by atoms with van der Waals surface area (Å²) in [5, 5.41) is 2.53. The number of hydrogen-bond acceptors (Lipinski definition) is 3. The molecule has 0 spiro atoms. The molecule has 1 aliphatic carbocycles. The molecule has 1 aromatic heterocycles. The van der Waals surface area contributed by atoms with E-state index in [-0.39, 0.29) is 0 Å². The average molecular weight is 600 g/mol. The molecule has 3 nitrogen and oxygen atoms in total. The van der Waals surface area contributed by atoms with E-state index in [1.54, 1.807) is 0 Å². The number of benzene rings is 7. The molecular formula is C44H29N3. The van der Waals surface area contributed by atoms with E-state index in [0.717, 1.165) is 16.7 Å². The van der Waals surface area contributed by atoms with Crippen LogP contribution in [0.4, 0.5) is 0 Å². The predicted octanol–water partition coefficient (Wildman–Crippen LogP) is 10.4. The Labute approximate surface area is 273 Å². The summed E-state index contributed by atoms with van der Waals surface area (Å²) in [6.45, 7) is 0. The highest BCUT2D eigenvalue weighted by Crippen LogP contribution is 2.57. The normalized spacial score (nSPS) is 14.9. The highest BCUT2D eigenvalue weighted by atomic mass is 15.0. The Bertz CT molecular complexity index is 2330. The molecule has 0 N–H and O–H groups in total. The van der Waals surface area contributed by atoms with Crippen molar-refractivity contribution in [1.82, 2.24) is 15.0 Å². The number of rotatable bonds is 5. The number of aromatic nitrogens is 3. The maximum atomic E-state index is 4.99. The van der Waals surface area contributed by atoms with Crippen molar-refractivity contribution >= 4 is 10.8 Å². The van der Waals surface area contributed by atoms with Crippen LogP contribution in [0.2, 0.25) is 0 Å². The van der Waals surface area contributed by atoms with Crippen LogP contribution in [-0.2, 0) is 5.41 Å². The Morgan fingerprint density at radius 2 is 0.830 bits per heavy atom. The molecule has 1 heterocycles. The zero-order valence-electron chi connectivity index (χ0n) is 25.6. The first-order valence-corrected chi connectivity index (χ1v) is 16.0. The van der Waals surface area contributed by atoms with Crippen molar-refractivity contribution in [2.75, 3.05) is 0 Å². The van der Waals surface area contributed by atoms with Crippen LogP contribution in [0.15, 0.2) is 176 Å². The Morgan fingerprint density at radius 1 is 0.340 bits per heavy atom. The first kappa shape index (κ1) is 27.1. The predicted molar refractivity (Wildman–Crippen MR) is 191 cm³/mol. The quantitative estimate of drug-likeness (QED) is 0.198. The van der Waals surface area contributed by atoms with Gasteiger partial charge in [-0.2, -0.15) is 0 Å². The molecule has 0 aliphatic heterocycles. The molecule has 0 amide bonds. The fourth-order valence-corrected chi connectivity index (χ4v) is 7.33. The second-order valence-corrected chi connectivity index (χ2v) is 12.0. The van der Waals surface area contributed by atoms with Gasteiger partial charge >= 0.3 is 0 Å². The van der Waals surface area contributed by atoms with Gasteiger partial charge in [-0.25, -0.2) is 15.0 Å². The summed E-state index contributed by atoms with van der Waals surface area (Å²) < 4.78 is 0. The van der Waals surface area contributed by atoms with E-state index in [0.29, 0.717) is 17.5 Å². The van der Waals surface area contributed by atoms with Crippen LogP contribution in [0.5, 0.6) is 0 Å². The highest BCUT2D eigenvalue weighted by Gasteiger charge is 2.46. The van der Waals surface area contributed by atoms with Crippen LogP contribution in [0.25, 0.3) is 56.1 Å². The minimum absolute atomic E-state index is 0.487. The maximum absolute atomic E-state index is 4.99. The van der Waals surface area contributed by atoms with Crippen LogP contribution < -0.4 is 0 Å². The van der Waals surface area contributed by atoms with Crippen LogP contribution in [0, 0.1) is 0 Å². The van der Waals surface area contributed by atoms with Crippen LogP contribution >= 0.6 is 0 Å². The van der Waals surface area contributed by atoms with Gasteiger partial charge in [0.1, 0.15) is 0 Å². The van der Waals surface area contributed by atoms with Gasteiger partial charge in [0.25, 0.3) is 0 Å². The SMILES string of the molecule is c1ccc(-c2nc(-c3ccccc3)nc(-c3ccc(C4(c5ccccc5)c5ccccc5-c5c4ccc4ccccc54)cc3)n2)cc1. The van der Waals surface area contributed by atoms with Gasteiger partial charge in [0, 0.05) is 16.7 Å². The second-order valence-electron chi connectivity index (χ2n) is 12.0. The molecule has 0 radical (unpaired) electrons. The van der Waals surface area contributed by atoms with Crippen molar-refractivity contribution in [3.05, 3.63) is 198 Å². The minimum atomic E-state index is -0.487. The molecule has 8 aromatic rings. The lowest BCUT2D eigenvalue weighted by molar-refractivity contribution is 0.769. The summed E-state index contributed by atoms with van der Waals surface area (Å²) in [7, 11) is 0. The van der Waals surface area contributed by atoms with Crippen molar-refractivity contribution in [1.29, 1.82) is 0 Å². The average Bonchev–Trinajstić information content (AvgIpc) is 3.47. The largest absolute Gasteiger partial charge is 0.208 e. The van der Waals surface area contributed by atoms with Gasteiger partial charge in [0.15, 0.2) is 17.5 Å². The monoisotopic (exact) mass is 599 g/mol. The summed E-state index contributed by atoms with van der Waals surface area (Å²) in [6, 6.07) is 62.2. The summed E-state index contributed by atoms with van der Waals surface area (Å²) in [4.78, 5) is 14.9. The Morgan fingerprint density at radius 3 is 1.47 bits per heavy atom. The molecule has 3 heteroatoms. The summed E-state index contributed by atoms with van der Waals surface area (Å²) in [6.07, 6.45) is 0. The summed E-state index contributed by atoms with van der Waals surface area (Å²) >= 11 is 0. The lowest BCUT2D eigenvalue weighted by atomic mass is 9.67. The molecule has 0 bridgehead atoms. The van der Waals surface area contributed by atoms with Gasteiger partial charge in [-0.1, -0.05) is 176 Å². The van der Waals surface area contributed by atoms with Gasteiger partial charge in [0.05, 0.1) is 5.41 Å². The molecule has 1 unspecified atom stereocenters. The van der Waals surface area contributed by atoms with Crippen molar-refractivity contribution in [3.8, 4) is 45.3 Å². The van der Waals surface area contributed by atoms with Crippen molar-refractivity contribution in [2.24, 2.45) is 0 Å². The molecule has 0 saturated carbocycles. The molecule has 7 aromatic carbocycles. The van der Waals surface area contributed by atoms with E-state index in [1.165, 1.54) is 44.2 Å². The number of hydrogen-bond donors (Lipinski definition) is 0. The molecule has 0 fully saturated rings. The van der Waals surface area contributed by atoms with E-state index in [1.807, 2.05) is 60.7 Å². The van der Waals surface area contributed by atoms with Gasteiger partial charge in [-0.05, 0) is 44.2 Å². The molecular weight excluding hydrogens is 571 g/mol. The van der Waals surface area contributed by atoms with Crippen LogP contribution in [0.1, 0.15) is 22.3 Å². The molecule has 1 aliphatic rings. The Balaban J connectivity index is 1.26. The van der Waals surface area contributed by atoms with Crippen LogP contribution in [-0.4, -0.2) is 15.0 Å². The van der Waals surface area contributed by atoms with Crippen molar-refractivity contribution in [3.63, 3.8) is 0 Å². The van der Waals surface area contributed by atoms with E-state index < -0.39 is 5.41 Å². The number of nitrogens with zero attached hydrogens (tertiary/aromatic N) is 3. The fourth-order valence-electron chi connectivity index (χ4n) is 7.33. The topological polar surface area (TPSA) is 38.7 Å². The molecule has 9 rings (SSSR count). The van der Waals surface area contributed by atoms with E-state index in [9.17, 15) is 0 Å². The standard InChI is InChI=1S/C44H29N3/c1-4-15-31(16-5-1)41-45-42(32-17-6-2-7-18-32)47-43(46-41)33-24-27-35(28-25-33)44(34-19-8-3-9-20-34)38-23-13-12-22-37(38)40-36-21-11-10-14-30(36)26-29-39(40)44/h1-29H. The van der Waals surface area contributed by atoms with Gasteiger partial charge in [-0.15, -0.1) is 0 Å². The molecule has 47 heavy (non-hydrogen) atoms. The van der Waals surface area contributed by atoms with Gasteiger partial charge < -0.3 is 0 Å². The summed E-state index contributed by atoms with van der Waals surface area (Å²) in [5.74, 6) is 1.96. The molecule has 0 saturated heterocycles. The molecule has 1 atom stereocenters. The summed E-state index contributed by atoms with van der Waals surface area (Å²) in [5.41, 5.74) is 10.0. The third-order valence-electron chi connectivity index (χ3n) is 9.42. The van der Waals surface area contributed by atoms with E-state index in [2.05, 4.69) is 115 Å². The fraction of sp³-hybridized carbons (Fsp3) is 0.0227. The first-order chi connectivity index (χ1) is 23.3. The van der Waals surface area contributed by atoms with Crippen molar-refractivity contribution in [2.45, 2.75) is 5.41 Å². The van der Waals surface area contributed by atoms with E-state index in [4.69, 9.17) is 15.0 Å². The maximum Gasteiger partial charge on any atom is 0.164 e. The molecule has 220 valence electrons. The highest BCUT2D eigenvalue weighted by molar-refractivity contribution is 6.04. The number of fused-ring (bicyclic) bond motifs is 5. The first-order valence-electron chi connectivity index (χ1n) is 16.0. The third-order valence-corrected chi connectivity index (χ3v) is 9.42. The van der Waals surface area contributed by atoms with Gasteiger partial charge in [0.2, 0.25) is 0 Å². The lowest BCUT2D eigenvalue weighted by Crippen LogP contribution is -2.28. The Kier molecular flexibility index (Phi) is 6.36. The smallest absolute Gasteiger partial charge is 0.164 e. The van der Waals surface area contributed by atoms with Crippen LogP contribution in [0.3, 0.4) is 0 Å². The minimum Gasteiger partial charge on any atom is -0.208 e. The zero-order chi connectivity index (χ0) is 31.2. The lowest BCUT2D eigenvalue weighted by Gasteiger charge is -2.34. The zero-order valence-corrected chi connectivity index (χ0v) is 25.6. The van der Waals surface area contributed by atoms with Crippen molar-refractivity contribution < 1.29 is 0 Å². The Hall–Kier alpha value is -6.19.